The molecule has 0 aliphatic carbocycles. The van der Waals surface area contributed by atoms with E-state index in [2.05, 4.69) is 0 Å². The van der Waals surface area contributed by atoms with Gasteiger partial charge in [-0.15, -0.1) is 0 Å². The van der Waals surface area contributed by atoms with Crippen LogP contribution in [0.25, 0.3) is 0 Å². The number of nitrogens with zero attached hydrogens (tertiary/aromatic N) is 1. The molecule has 2 unspecified atom stereocenters. The van der Waals surface area contributed by atoms with Crippen LogP contribution < -0.4 is 0 Å². The fourth-order valence-corrected chi connectivity index (χ4v) is 3.68. The molecule has 1 N–H and O–H groups in total. The van der Waals surface area contributed by atoms with Crippen LogP contribution in [-0.4, -0.2) is 28.1 Å². The third-order valence-corrected chi connectivity index (χ3v) is 4.98. The summed E-state index contributed by atoms with van der Waals surface area (Å²) < 4.78 is 0. The number of carbonyl (C=O) groups is 1. The van der Waals surface area contributed by atoms with E-state index in [1.807, 2.05) is 24.8 Å². The van der Waals surface area contributed by atoms with E-state index in [1.54, 1.807) is 12.1 Å². The zero-order chi connectivity index (χ0) is 14.9. The molecule has 0 aromatic heterocycles. The third kappa shape index (κ3) is 2.54. The third-order valence-electron chi connectivity index (χ3n) is 4.40. The normalized spacial score (nSPS) is 24.8. The van der Waals surface area contributed by atoms with Gasteiger partial charge >= 0.3 is 5.97 Å². The summed E-state index contributed by atoms with van der Waals surface area (Å²) in [5, 5.41) is 10.9. The molecule has 1 aliphatic rings. The van der Waals surface area contributed by atoms with Crippen molar-refractivity contribution in [2.45, 2.75) is 44.7 Å². The molecule has 0 radical (unpaired) electrons. The Morgan fingerprint density at radius 1 is 1.50 bits per heavy atom. The summed E-state index contributed by atoms with van der Waals surface area (Å²) in [5.41, 5.74) is 0.102. The van der Waals surface area contributed by atoms with Crippen molar-refractivity contribution >= 4 is 29.2 Å². The second kappa shape index (κ2) is 5.92. The summed E-state index contributed by atoms with van der Waals surface area (Å²) in [6, 6.07) is 5.27. The molecule has 0 amide bonds. The molecule has 3 nitrogen and oxygen atoms in total. The average molecular weight is 316 g/mol. The number of carboxylic acid groups (broad SMARTS) is 1. The van der Waals surface area contributed by atoms with Crippen molar-refractivity contribution in [1.82, 2.24) is 4.90 Å². The smallest absolute Gasteiger partial charge is 0.324 e. The van der Waals surface area contributed by atoms with Crippen LogP contribution in [-0.2, 0) is 4.79 Å². The molecule has 1 fully saturated rings. The van der Waals surface area contributed by atoms with E-state index in [0.717, 1.165) is 18.5 Å². The average Bonchev–Trinajstić information content (AvgIpc) is 2.85. The van der Waals surface area contributed by atoms with Crippen molar-refractivity contribution in [3.05, 3.63) is 33.8 Å². The van der Waals surface area contributed by atoms with E-state index in [9.17, 15) is 9.90 Å². The molecule has 1 saturated heterocycles. The van der Waals surface area contributed by atoms with Crippen LogP contribution in [0.5, 0.6) is 0 Å². The SMILES string of the molecule is CCC1(C(=O)O)CCCN1C(C)c1cc(Cl)ccc1Cl. The van der Waals surface area contributed by atoms with E-state index < -0.39 is 11.5 Å². The van der Waals surface area contributed by atoms with Gasteiger partial charge in [0.1, 0.15) is 5.54 Å². The largest absolute Gasteiger partial charge is 0.480 e. The minimum absolute atomic E-state index is 0.0697. The number of carboxylic acids is 1. The Balaban J connectivity index is 2.39. The Morgan fingerprint density at radius 2 is 2.20 bits per heavy atom. The molecule has 5 heteroatoms. The fourth-order valence-electron chi connectivity index (χ4n) is 3.23. The van der Waals surface area contributed by atoms with Crippen LogP contribution in [0.3, 0.4) is 0 Å². The highest BCUT2D eigenvalue weighted by Gasteiger charge is 2.48. The second-order valence-electron chi connectivity index (χ2n) is 5.33. The van der Waals surface area contributed by atoms with E-state index in [0.29, 0.717) is 22.9 Å². The van der Waals surface area contributed by atoms with Crippen LogP contribution in [0.15, 0.2) is 18.2 Å². The maximum Gasteiger partial charge on any atom is 0.324 e. The van der Waals surface area contributed by atoms with Crippen LogP contribution >= 0.6 is 23.2 Å². The summed E-state index contributed by atoms with van der Waals surface area (Å²) in [7, 11) is 0. The topological polar surface area (TPSA) is 40.5 Å². The summed E-state index contributed by atoms with van der Waals surface area (Å²) in [6.45, 7) is 4.69. The van der Waals surface area contributed by atoms with Gasteiger partial charge in [0.15, 0.2) is 0 Å². The van der Waals surface area contributed by atoms with Gasteiger partial charge in [0.05, 0.1) is 0 Å². The number of rotatable bonds is 4. The molecule has 0 spiro atoms. The molecule has 1 aliphatic heterocycles. The minimum atomic E-state index is -0.787. The molecule has 1 heterocycles. The number of benzene rings is 1. The van der Waals surface area contributed by atoms with Gasteiger partial charge in [-0.25, -0.2) is 0 Å². The molecule has 2 atom stereocenters. The molecule has 2 rings (SSSR count). The van der Waals surface area contributed by atoms with E-state index in [1.165, 1.54) is 0 Å². The summed E-state index contributed by atoms with van der Waals surface area (Å²) in [5.74, 6) is -0.748. The zero-order valence-electron chi connectivity index (χ0n) is 11.7. The molecule has 1 aromatic rings. The first-order valence-electron chi connectivity index (χ1n) is 6.87. The Kier molecular flexibility index (Phi) is 4.62. The van der Waals surface area contributed by atoms with Crippen LogP contribution in [0.4, 0.5) is 0 Å². The standard InChI is InChI=1S/C15H19Cl2NO2/c1-3-15(14(19)20)7-4-8-18(15)10(2)12-9-11(16)5-6-13(12)17/h5-6,9-10H,3-4,7-8H2,1-2H3,(H,19,20). The molecule has 110 valence electrons. The van der Waals surface area contributed by atoms with E-state index in [4.69, 9.17) is 23.2 Å². The van der Waals surface area contributed by atoms with E-state index in [-0.39, 0.29) is 6.04 Å². The number of hydrogen-bond acceptors (Lipinski definition) is 2. The molecule has 20 heavy (non-hydrogen) atoms. The van der Waals surface area contributed by atoms with Gasteiger partial charge < -0.3 is 5.11 Å². The van der Waals surface area contributed by atoms with Crippen molar-refractivity contribution in [2.24, 2.45) is 0 Å². The van der Waals surface area contributed by atoms with Crippen LogP contribution in [0.2, 0.25) is 10.0 Å². The Morgan fingerprint density at radius 3 is 2.80 bits per heavy atom. The van der Waals surface area contributed by atoms with Crippen molar-refractivity contribution in [1.29, 1.82) is 0 Å². The first-order valence-corrected chi connectivity index (χ1v) is 7.63. The highest BCUT2D eigenvalue weighted by molar-refractivity contribution is 6.33. The maximum absolute atomic E-state index is 11.8. The molecule has 0 saturated carbocycles. The van der Waals surface area contributed by atoms with Crippen LogP contribution in [0, 0.1) is 0 Å². The zero-order valence-corrected chi connectivity index (χ0v) is 13.2. The van der Waals surface area contributed by atoms with Gasteiger partial charge in [-0.1, -0.05) is 30.1 Å². The quantitative estimate of drug-likeness (QED) is 0.896. The van der Waals surface area contributed by atoms with Gasteiger partial charge in [0, 0.05) is 16.1 Å². The number of halogens is 2. The lowest BCUT2D eigenvalue weighted by Crippen LogP contribution is -2.50. The van der Waals surface area contributed by atoms with Gasteiger partial charge in [-0.2, -0.15) is 0 Å². The van der Waals surface area contributed by atoms with Crippen molar-refractivity contribution in [3.8, 4) is 0 Å². The minimum Gasteiger partial charge on any atom is -0.480 e. The molecule has 0 bridgehead atoms. The van der Waals surface area contributed by atoms with Crippen molar-refractivity contribution < 1.29 is 9.90 Å². The maximum atomic E-state index is 11.8. The van der Waals surface area contributed by atoms with Crippen molar-refractivity contribution in [3.63, 3.8) is 0 Å². The predicted molar refractivity (Wildman–Crippen MR) is 81.5 cm³/mol. The molecule has 1 aromatic carbocycles. The predicted octanol–water partition coefficient (Wildman–Crippen LogP) is 4.38. The van der Waals surface area contributed by atoms with Gasteiger partial charge in [0.25, 0.3) is 0 Å². The summed E-state index contributed by atoms with van der Waals surface area (Å²) in [4.78, 5) is 13.8. The molecular formula is C15H19Cl2NO2. The highest BCUT2D eigenvalue weighted by atomic mass is 35.5. The number of aliphatic carboxylic acids is 1. The lowest BCUT2D eigenvalue weighted by molar-refractivity contribution is -0.151. The van der Waals surface area contributed by atoms with Gasteiger partial charge in [0.2, 0.25) is 0 Å². The summed E-state index contributed by atoms with van der Waals surface area (Å²) >= 11 is 12.3. The Bertz CT molecular complexity index is 521. The summed E-state index contributed by atoms with van der Waals surface area (Å²) in [6.07, 6.45) is 2.16. The first kappa shape index (κ1) is 15.6. The lowest BCUT2D eigenvalue weighted by atomic mass is 9.91. The second-order valence-corrected chi connectivity index (χ2v) is 6.17. The highest BCUT2D eigenvalue weighted by Crippen LogP contribution is 2.41. The number of hydrogen-bond donors (Lipinski definition) is 1. The first-order chi connectivity index (χ1) is 9.42. The van der Waals surface area contributed by atoms with Crippen molar-refractivity contribution in [2.75, 3.05) is 6.54 Å². The van der Waals surface area contributed by atoms with Crippen LogP contribution in [0.1, 0.15) is 44.7 Å². The Hall–Kier alpha value is -0.770. The lowest BCUT2D eigenvalue weighted by Gasteiger charge is -2.38. The van der Waals surface area contributed by atoms with E-state index >= 15 is 0 Å². The number of likely N-dealkylation sites (tertiary alicyclic amines) is 1. The molecular weight excluding hydrogens is 297 g/mol. The van der Waals surface area contributed by atoms with Gasteiger partial charge in [-0.05, 0) is 56.5 Å². The monoisotopic (exact) mass is 315 g/mol. The van der Waals surface area contributed by atoms with Gasteiger partial charge in [-0.3, -0.25) is 9.69 Å². The fraction of sp³-hybridized carbons (Fsp3) is 0.533. The Labute approximate surface area is 129 Å².